The van der Waals surface area contributed by atoms with E-state index < -0.39 is 5.97 Å². The van der Waals surface area contributed by atoms with E-state index in [0.717, 1.165) is 6.54 Å². The molecular formula is C12H21NO3. The zero-order chi connectivity index (χ0) is 12.1. The van der Waals surface area contributed by atoms with Crippen molar-refractivity contribution in [2.24, 2.45) is 5.92 Å². The number of carbonyl (C=O) groups excluding carboxylic acids is 1. The third kappa shape index (κ3) is 3.83. The van der Waals surface area contributed by atoms with Crippen LogP contribution in [0.15, 0.2) is 0 Å². The first-order valence-corrected chi connectivity index (χ1v) is 6.02. The van der Waals surface area contributed by atoms with Crippen LogP contribution in [0.1, 0.15) is 46.0 Å². The third-order valence-electron chi connectivity index (χ3n) is 3.18. The number of hydrogen-bond acceptors (Lipinski definition) is 2. The van der Waals surface area contributed by atoms with Crippen molar-refractivity contribution < 1.29 is 14.7 Å². The number of carbonyl (C=O) groups is 2. The predicted octanol–water partition coefficient (Wildman–Crippen LogP) is 1.89. The molecule has 0 saturated heterocycles. The molecule has 4 heteroatoms. The Bertz CT molecular complexity index is 259. The number of aliphatic carboxylic acids is 1. The first-order chi connectivity index (χ1) is 7.50. The summed E-state index contributed by atoms with van der Waals surface area (Å²) < 4.78 is 0. The highest BCUT2D eigenvalue weighted by atomic mass is 16.4. The Morgan fingerprint density at radius 3 is 2.31 bits per heavy atom. The molecule has 1 N–H and O–H groups in total. The molecule has 0 heterocycles. The van der Waals surface area contributed by atoms with Gasteiger partial charge in [-0.05, 0) is 32.6 Å². The summed E-state index contributed by atoms with van der Waals surface area (Å²) in [7, 11) is 0. The molecule has 1 saturated carbocycles. The molecular weight excluding hydrogens is 206 g/mol. The second kappa shape index (κ2) is 5.87. The maximum atomic E-state index is 11.8. The zero-order valence-electron chi connectivity index (χ0n) is 10.1. The fourth-order valence-corrected chi connectivity index (χ4v) is 1.91. The monoisotopic (exact) mass is 227 g/mol. The topological polar surface area (TPSA) is 57.6 Å². The molecule has 1 fully saturated rings. The van der Waals surface area contributed by atoms with Crippen LogP contribution in [0.3, 0.4) is 0 Å². The maximum absolute atomic E-state index is 11.8. The molecule has 0 unspecified atom stereocenters. The minimum atomic E-state index is -0.902. The number of nitrogens with zero attached hydrogens (tertiary/aromatic N) is 1. The molecule has 1 aliphatic carbocycles. The molecule has 0 atom stereocenters. The van der Waals surface area contributed by atoms with Crippen molar-refractivity contribution in [3.05, 3.63) is 0 Å². The SMILES string of the molecule is CC(C)N(CC1CCC1)C(=O)CCC(=O)O. The fraction of sp³-hybridized carbons (Fsp3) is 0.833. The molecule has 0 aromatic rings. The number of carboxylic acids is 1. The van der Waals surface area contributed by atoms with E-state index in [4.69, 9.17) is 5.11 Å². The van der Waals surface area contributed by atoms with E-state index in [-0.39, 0.29) is 24.8 Å². The Hall–Kier alpha value is -1.06. The van der Waals surface area contributed by atoms with Gasteiger partial charge in [-0.15, -0.1) is 0 Å². The molecule has 1 amide bonds. The van der Waals surface area contributed by atoms with Crippen molar-refractivity contribution >= 4 is 11.9 Å². The molecule has 4 nitrogen and oxygen atoms in total. The molecule has 0 spiro atoms. The molecule has 16 heavy (non-hydrogen) atoms. The summed E-state index contributed by atoms with van der Waals surface area (Å²) in [5.41, 5.74) is 0. The first-order valence-electron chi connectivity index (χ1n) is 6.02. The number of hydrogen-bond donors (Lipinski definition) is 1. The second-order valence-electron chi connectivity index (χ2n) is 4.83. The van der Waals surface area contributed by atoms with Gasteiger partial charge in [-0.25, -0.2) is 0 Å². The van der Waals surface area contributed by atoms with Gasteiger partial charge in [-0.3, -0.25) is 9.59 Å². The van der Waals surface area contributed by atoms with Crippen LogP contribution in [0.2, 0.25) is 0 Å². The van der Waals surface area contributed by atoms with Gasteiger partial charge in [-0.1, -0.05) is 6.42 Å². The standard InChI is InChI=1S/C12H21NO3/c1-9(2)13(8-10-4-3-5-10)11(14)6-7-12(15)16/h9-10H,3-8H2,1-2H3,(H,15,16). The van der Waals surface area contributed by atoms with E-state index in [0.29, 0.717) is 5.92 Å². The second-order valence-corrected chi connectivity index (χ2v) is 4.83. The van der Waals surface area contributed by atoms with Crippen LogP contribution in [-0.2, 0) is 9.59 Å². The maximum Gasteiger partial charge on any atom is 0.303 e. The van der Waals surface area contributed by atoms with Gasteiger partial charge in [0.15, 0.2) is 0 Å². The lowest BCUT2D eigenvalue weighted by atomic mass is 9.85. The summed E-state index contributed by atoms with van der Waals surface area (Å²) >= 11 is 0. The van der Waals surface area contributed by atoms with Gasteiger partial charge in [0.25, 0.3) is 0 Å². The van der Waals surface area contributed by atoms with Gasteiger partial charge >= 0.3 is 5.97 Å². The highest BCUT2D eigenvalue weighted by Crippen LogP contribution is 2.27. The normalized spacial score (nSPS) is 15.9. The van der Waals surface area contributed by atoms with E-state index >= 15 is 0 Å². The number of rotatable bonds is 6. The van der Waals surface area contributed by atoms with Gasteiger partial charge in [-0.2, -0.15) is 0 Å². The van der Waals surface area contributed by atoms with Crippen molar-refractivity contribution in [3.8, 4) is 0 Å². The van der Waals surface area contributed by atoms with Crippen molar-refractivity contribution in [1.29, 1.82) is 0 Å². The lowest BCUT2D eigenvalue weighted by Crippen LogP contribution is -2.41. The summed E-state index contributed by atoms with van der Waals surface area (Å²) in [6.07, 6.45) is 3.73. The lowest BCUT2D eigenvalue weighted by Gasteiger charge is -2.34. The summed E-state index contributed by atoms with van der Waals surface area (Å²) in [6.45, 7) is 4.77. The molecule has 92 valence electrons. The van der Waals surface area contributed by atoms with Crippen LogP contribution >= 0.6 is 0 Å². The average molecular weight is 227 g/mol. The lowest BCUT2D eigenvalue weighted by molar-refractivity contribution is -0.142. The Kier molecular flexibility index (Phi) is 4.77. The van der Waals surface area contributed by atoms with E-state index in [1.807, 2.05) is 18.7 Å². The predicted molar refractivity (Wildman–Crippen MR) is 61.1 cm³/mol. The smallest absolute Gasteiger partial charge is 0.303 e. The molecule has 1 rings (SSSR count). The zero-order valence-corrected chi connectivity index (χ0v) is 10.1. The summed E-state index contributed by atoms with van der Waals surface area (Å²) in [4.78, 5) is 24.1. The minimum absolute atomic E-state index is 0.0238. The fourth-order valence-electron chi connectivity index (χ4n) is 1.91. The average Bonchev–Trinajstić information content (AvgIpc) is 2.11. The van der Waals surface area contributed by atoms with Gasteiger partial charge in [0.2, 0.25) is 5.91 Å². The Morgan fingerprint density at radius 2 is 1.94 bits per heavy atom. The van der Waals surface area contributed by atoms with Crippen molar-refractivity contribution in [1.82, 2.24) is 4.90 Å². The van der Waals surface area contributed by atoms with Crippen LogP contribution in [0, 0.1) is 5.92 Å². The number of carboxylic acid groups (broad SMARTS) is 1. The van der Waals surface area contributed by atoms with Gasteiger partial charge in [0.1, 0.15) is 0 Å². The van der Waals surface area contributed by atoms with Gasteiger partial charge in [0, 0.05) is 19.0 Å². The largest absolute Gasteiger partial charge is 0.481 e. The van der Waals surface area contributed by atoms with Crippen LogP contribution in [-0.4, -0.2) is 34.5 Å². The molecule has 0 aromatic heterocycles. The minimum Gasteiger partial charge on any atom is -0.481 e. The van der Waals surface area contributed by atoms with Crippen LogP contribution in [0.25, 0.3) is 0 Å². The summed E-state index contributed by atoms with van der Waals surface area (Å²) in [5, 5.41) is 8.55. The molecule has 0 bridgehead atoms. The molecule has 0 radical (unpaired) electrons. The van der Waals surface area contributed by atoms with Crippen molar-refractivity contribution in [2.45, 2.75) is 52.0 Å². The van der Waals surface area contributed by atoms with Gasteiger partial charge < -0.3 is 10.0 Å². The highest BCUT2D eigenvalue weighted by Gasteiger charge is 2.25. The molecule has 1 aliphatic rings. The molecule has 0 aromatic carbocycles. The summed E-state index contributed by atoms with van der Waals surface area (Å²) in [5.74, 6) is -0.291. The Balaban J connectivity index is 2.41. The first kappa shape index (κ1) is 13.0. The van der Waals surface area contributed by atoms with E-state index in [1.54, 1.807) is 0 Å². The van der Waals surface area contributed by atoms with Crippen LogP contribution in [0.5, 0.6) is 0 Å². The van der Waals surface area contributed by atoms with Crippen LogP contribution in [0.4, 0.5) is 0 Å². The third-order valence-corrected chi connectivity index (χ3v) is 3.18. The van der Waals surface area contributed by atoms with Gasteiger partial charge in [0.05, 0.1) is 6.42 Å². The van der Waals surface area contributed by atoms with Crippen molar-refractivity contribution in [3.63, 3.8) is 0 Å². The summed E-state index contributed by atoms with van der Waals surface area (Å²) in [6, 6.07) is 0.168. The number of amides is 1. The van der Waals surface area contributed by atoms with E-state index in [1.165, 1.54) is 19.3 Å². The van der Waals surface area contributed by atoms with Crippen LogP contribution < -0.4 is 0 Å². The van der Waals surface area contributed by atoms with E-state index in [2.05, 4.69) is 0 Å². The highest BCUT2D eigenvalue weighted by molar-refractivity contribution is 5.80. The quantitative estimate of drug-likeness (QED) is 0.753. The molecule has 0 aliphatic heterocycles. The van der Waals surface area contributed by atoms with E-state index in [9.17, 15) is 9.59 Å². The Labute approximate surface area is 96.6 Å². The Morgan fingerprint density at radius 1 is 1.31 bits per heavy atom. The van der Waals surface area contributed by atoms with Crippen molar-refractivity contribution in [2.75, 3.05) is 6.54 Å².